The van der Waals surface area contributed by atoms with Gasteiger partial charge in [-0.25, -0.2) is 0 Å². The predicted octanol–water partition coefficient (Wildman–Crippen LogP) is 3.42. The van der Waals surface area contributed by atoms with E-state index in [-0.39, 0.29) is 30.1 Å². The van der Waals surface area contributed by atoms with Crippen LogP contribution in [-0.2, 0) is 22.8 Å². The number of hydrogen-bond acceptors (Lipinski definition) is 4. The minimum absolute atomic E-state index is 0.0652. The molecule has 1 aromatic heterocycles. The van der Waals surface area contributed by atoms with E-state index in [1.807, 2.05) is 45.0 Å². The first-order valence-corrected chi connectivity index (χ1v) is 8.31. The van der Waals surface area contributed by atoms with E-state index in [4.69, 9.17) is 0 Å². The molecule has 1 aliphatic carbocycles. The summed E-state index contributed by atoms with van der Waals surface area (Å²) in [5, 5.41) is 6.11. The first kappa shape index (κ1) is 18.4. The number of nitrogens with one attached hydrogen (secondary N) is 1. The van der Waals surface area contributed by atoms with Crippen molar-refractivity contribution in [2.24, 2.45) is 5.41 Å². The number of aromatic nitrogens is 2. The van der Waals surface area contributed by atoms with Gasteiger partial charge >= 0.3 is 12.1 Å². The van der Waals surface area contributed by atoms with Crippen molar-refractivity contribution < 1.29 is 22.5 Å². The number of halogens is 3. The Balaban J connectivity index is 1.65. The van der Waals surface area contributed by atoms with Crippen LogP contribution in [0.4, 0.5) is 13.2 Å². The molecule has 1 N–H and O–H groups in total. The largest absolute Gasteiger partial charge is 0.471 e. The second-order valence-corrected chi connectivity index (χ2v) is 7.35. The van der Waals surface area contributed by atoms with E-state index >= 15 is 0 Å². The SMILES string of the molecule is Cc1ccc([C@@]2(C(=O)NCCc3noc(C(F)(F)F)n3)CC2(C)C)cc1. The predicted molar refractivity (Wildman–Crippen MR) is 87.3 cm³/mol. The molecule has 3 rings (SSSR count). The number of rotatable bonds is 5. The number of alkyl halides is 3. The van der Waals surface area contributed by atoms with Gasteiger partial charge in [-0.1, -0.05) is 48.8 Å². The summed E-state index contributed by atoms with van der Waals surface area (Å²) in [6.45, 7) is 6.18. The van der Waals surface area contributed by atoms with Gasteiger partial charge in [-0.3, -0.25) is 4.79 Å². The van der Waals surface area contributed by atoms with Gasteiger partial charge in [-0.05, 0) is 24.3 Å². The van der Waals surface area contributed by atoms with Crippen LogP contribution in [0.2, 0.25) is 0 Å². The molecule has 5 nitrogen and oxygen atoms in total. The van der Waals surface area contributed by atoms with E-state index in [0.29, 0.717) is 0 Å². The quantitative estimate of drug-likeness (QED) is 0.879. The Bertz CT molecular complexity index is 812. The summed E-state index contributed by atoms with van der Waals surface area (Å²) >= 11 is 0. The van der Waals surface area contributed by atoms with Crippen LogP contribution in [0.25, 0.3) is 0 Å². The highest BCUT2D eigenvalue weighted by Gasteiger charge is 2.66. The summed E-state index contributed by atoms with van der Waals surface area (Å²) in [4.78, 5) is 16.1. The Hall–Kier alpha value is -2.38. The number of nitrogens with zero attached hydrogens (tertiary/aromatic N) is 2. The zero-order chi connectivity index (χ0) is 19.2. The molecular weight excluding hydrogens is 347 g/mol. The van der Waals surface area contributed by atoms with Gasteiger partial charge in [0, 0.05) is 13.0 Å². The molecule has 1 fully saturated rings. The van der Waals surface area contributed by atoms with Crippen LogP contribution in [0.3, 0.4) is 0 Å². The minimum Gasteiger partial charge on any atom is -0.355 e. The fourth-order valence-electron chi connectivity index (χ4n) is 3.38. The zero-order valence-electron chi connectivity index (χ0n) is 14.8. The third-order valence-electron chi connectivity index (χ3n) is 5.01. The highest BCUT2D eigenvalue weighted by molar-refractivity contribution is 5.93. The van der Waals surface area contributed by atoms with Crippen LogP contribution in [0, 0.1) is 12.3 Å². The van der Waals surface area contributed by atoms with Crippen LogP contribution in [-0.4, -0.2) is 22.6 Å². The van der Waals surface area contributed by atoms with Gasteiger partial charge in [-0.15, -0.1) is 0 Å². The van der Waals surface area contributed by atoms with Crippen molar-refractivity contribution in [3.8, 4) is 0 Å². The number of aryl methyl sites for hydroxylation is 1. The molecule has 0 saturated heterocycles. The molecule has 1 saturated carbocycles. The molecule has 1 amide bonds. The number of carbonyl (C=O) groups is 1. The summed E-state index contributed by atoms with van der Waals surface area (Å²) in [6.07, 6.45) is -3.88. The van der Waals surface area contributed by atoms with Crippen LogP contribution in [0.5, 0.6) is 0 Å². The average molecular weight is 367 g/mol. The maximum absolute atomic E-state index is 12.8. The summed E-state index contributed by atoms with van der Waals surface area (Å²) in [5.41, 5.74) is 1.27. The van der Waals surface area contributed by atoms with Crippen LogP contribution in [0.15, 0.2) is 28.8 Å². The molecule has 1 aliphatic rings. The normalized spacial score (nSPS) is 21.5. The summed E-state index contributed by atoms with van der Waals surface area (Å²) in [6, 6.07) is 7.85. The maximum atomic E-state index is 12.8. The number of amides is 1. The third-order valence-corrected chi connectivity index (χ3v) is 5.01. The van der Waals surface area contributed by atoms with Crippen molar-refractivity contribution in [2.75, 3.05) is 6.54 Å². The number of hydrogen-bond donors (Lipinski definition) is 1. The van der Waals surface area contributed by atoms with Crippen molar-refractivity contribution in [1.29, 1.82) is 0 Å². The molecule has 0 bridgehead atoms. The Morgan fingerprint density at radius 2 is 1.88 bits per heavy atom. The fourth-order valence-corrected chi connectivity index (χ4v) is 3.38. The molecule has 1 aromatic carbocycles. The Morgan fingerprint density at radius 1 is 1.27 bits per heavy atom. The molecular formula is C18H20F3N3O2. The zero-order valence-corrected chi connectivity index (χ0v) is 14.8. The lowest BCUT2D eigenvalue weighted by atomic mass is 9.86. The number of carbonyl (C=O) groups excluding carboxylic acids is 1. The third kappa shape index (κ3) is 3.20. The van der Waals surface area contributed by atoms with Crippen molar-refractivity contribution in [3.63, 3.8) is 0 Å². The van der Waals surface area contributed by atoms with Crippen molar-refractivity contribution in [1.82, 2.24) is 15.5 Å². The number of benzene rings is 1. The van der Waals surface area contributed by atoms with Gasteiger partial charge in [0.05, 0.1) is 5.41 Å². The molecule has 0 aliphatic heterocycles. The lowest BCUT2D eigenvalue weighted by Gasteiger charge is -2.20. The Labute approximate surface area is 149 Å². The van der Waals surface area contributed by atoms with E-state index in [1.54, 1.807) is 0 Å². The highest BCUT2D eigenvalue weighted by Crippen LogP contribution is 2.64. The van der Waals surface area contributed by atoms with Crippen molar-refractivity contribution >= 4 is 5.91 Å². The maximum Gasteiger partial charge on any atom is 0.471 e. The van der Waals surface area contributed by atoms with Crippen molar-refractivity contribution in [2.45, 2.75) is 45.2 Å². The van der Waals surface area contributed by atoms with E-state index in [1.165, 1.54) is 0 Å². The fraction of sp³-hybridized carbons (Fsp3) is 0.500. The van der Waals surface area contributed by atoms with Crippen LogP contribution in [0.1, 0.15) is 43.1 Å². The molecule has 26 heavy (non-hydrogen) atoms. The summed E-state index contributed by atoms with van der Waals surface area (Å²) in [5.74, 6) is -1.60. The molecule has 0 unspecified atom stereocenters. The second kappa shape index (κ2) is 6.10. The highest BCUT2D eigenvalue weighted by atomic mass is 19.4. The molecule has 1 heterocycles. The smallest absolute Gasteiger partial charge is 0.355 e. The summed E-state index contributed by atoms with van der Waals surface area (Å²) in [7, 11) is 0. The van der Waals surface area contributed by atoms with Gasteiger partial charge in [0.25, 0.3) is 0 Å². The van der Waals surface area contributed by atoms with Gasteiger partial charge in [0.1, 0.15) is 0 Å². The van der Waals surface area contributed by atoms with Gasteiger partial charge < -0.3 is 9.84 Å². The standard InChI is InChI=1S/C18H20F3N3O2/c1-11-4-6-12(7-5-11)17(10-16(17,2)3)14(25)22-9-8-13-23-15(26-24-13)18(19,20)21/h4-7H,8-10H2,1-3H3,(H,22,25)/t17-/m1/s1. The van der Waals surface area contributed by atoms with Gasteiger partial charge in [0.15, 0.2) is 5.82 Å². The molecule has 140 valence electrons. The van der Waals surface area contributed by atoms with Crippen molar-refractivity contribution in [3.05, 3.63) is 47.1 Å². The van der Waals surface area contributed by atoms with Crippen LogP contribution < -0.4 is 5.32 Å². The van der Waals surface area contributed by atoms with E-state index in [9.17, 15) is 18.0 Å². The summed E-state index contributed by atoms with van der Waals surface area (Å²) < 4.78 is 41.5. The first-order chi connectivity index (χ1) is 12.1. The van der Waals surface area contributed by atoms with Crippen LogP contribution >= 0.6 is 0 Å². The topological polar surface area (TPSA) is 68.0 Å². The lowest BCUT2D eigenvalue weighted by Crippen LogP contribution is -2.38. The first-order valence-electron chi connectivity index (χ1n) is 8.31. The molecule has 0 radical (unpaired) electrons. The second-order valence-electron chi connectivity index (χ2n) is 7.35. The Morgan fingerprint density at radius 3 is 2.38 bits per heavy atom. The van der Waals surface area contributed by atoms with Gasteiger partial charge in [0.2, 0.25) is 5.91 Å². The minimum atomic E-state index is -4.66. The lowest BCUT2D eigenvalue weighted by molar-refractivity contribution is -0.159. The van der Waals surface area contributed by atoms with E-state index in [2.05, 4.69) is 20.0 Å². The Kier molecular flexibility index (Phi) is 4.32. The average Bonchev–Trinajstić information content (AvgIpc) is 2.92. The molecule has 8 heteroatoms. The monoisotopic (exact) mass is 367 g/mol. The molecule has 1 atom stereocenters. The van der Waals surface area contributed by atoms with E-state index in [0.717, 1.165) is 17.5 Å². The molecule has 0 spiro atoms. The van der Waals surface area contributed by atoms with Gasteiger partial charge in [-0.2, -0.15) is 18.2 Å². The van der Waals surface area contributed by atoms with E-state index < -0.39 is 17.5 Å². The molecule has 2 aromatic rings.